The summed E-state index contributed by atoms with van der Waals surface area (Å²) in [6.45, 7) is 6.54. The molecule has 0 rings (SSSR count). The van der Waals surface area contributed by atoms with Crippen LogP contribution in [0.15, 0.2) is 0 Å². The summed E-state index contributed by atoms with van der Waals surface area (Å²) in [6.07, 6.45) is 2.43. The highest BCUT2D eigenvalue weighted by molar-refractivity contribution is 5.76. The highest BCUT2D eigenvalue weighted by Gasteiger charge is 2.20. The molecule has 0 saturated heterocycles. The fourth-order valence-corrected chi connectivity index (χ4v) is 2.05. The summed E-state index contributed by atoms with van der Waals surface area (Å²) in [5.41, 5.74) is 5.52. The molecule has 0 aliphatic carbocycles. The van der Waals surface area contributed by atoms with Gasteiger partial charge in [0.2, 0.25) is 5.91 Å². The molecule has 0 aromatic rings. The van der Waals surface area contributed by atoms with E-state index in [2.05, 4.69) is 6.92 Å². The summed E-state index contributed by atoms with van der Waals surface area (Å²) in [6, 6.07) is 0.0810. The number of methoxy groups -OCH3 is 2. The van der Waals surface area contributed by atoms with Gasteiger partial charge in [0.15, 0.2) is 0 Å². The van der Waals surface area contributed by atoms with Crippen LogP contribution < -0.4 is 5.73 Å². The van der Waals surface area contributed by atoms with Crippen LogP contribution in [0.25, 0.3) is 0 Å². The normalized spacial score (nSPS) is 14.2. The van der Waals surface area contributed by atoms with Gasteiger partial charge in [0.25, 0.3) is 0 Å². The average molecular weight is 274 g/mol. The average Bonchev–Trinajstić information content (AvgIpc) is 2.37. The molecule has 114 valence electrons. The second-order valence-electron chi connectivity index (χ2n) is 5.11. The zero-order chi connectivity index (χ0) is 14.7. The van der Waals surface area contributed by atoms with E-state index >= 15 is 0 Å². The molecule has 0 saturated carbocycles. The Morgan fingerprint density at radius 2 is 1.89 bits per heavy atom. The number of hydrogen-bond acceptors (Lipinski definition) is 4. The van der Waals surface area contributed by atoms with Crippen LogP contribution in [0.4, 0.5) is 0 Å². The molecule has 0 fully saturated rings. The highest BCUT2D eigenvalue weighted by Crippen LogP contribution is 2.12. The van der Waals surface area contributed by atoms with Crippen molar-refractivity contribution >= 4 is 5.91 Å². The summed E-state index contributed by atoms with van der Waals surface area (Å²) < 4.78 is 10.2. The third kappa shape index (κ3) is 8.18. The van der Waals surface area contributed by atoms with Gasteiger partial charge in [-0.3, -0.25) is 4.79 Å². The number of amides is 1. The summed E-state index contributed by atoms with van der Waals surface area (Å²) >= 11 is 0. The highest BCUT2D eigenvalue weighted by atomic mass is 16.5. The summed E-state index contributed by atoms with van der Waals surface area (Å²) in [5.74, 6) is 0.668. The zero-order valence-electron chi connectivity index (χ0n) is 12.9. The molecular weight excluding hydrogens is 244 g/mol. The van der Waals surface area contributed by atoms with Crippen LogP contribution in [0.1, 0.15) is 33.1 Å². The lowest BCUT2D eigenvalue weighted by Gasteiger charge is -2.29. The van der Waals surface area contributed by atoms with Crippen molar-refractivity contribution < 1.29 is 14.3 Å². The van der Waals surface area contributed by atoms with Gasteiger partial charge < -0.3 is 20.1 Å². The Hall–Kier alpha value is -0.650. The van der Waals surface area contributed by atoms with E-state index in [1.54, 1.807) is 14.2 Å². The summed E-state index contributed by atoms with van der Waals surface area (Å²) in [5, 5.41) is 0. The Morgan fingerprint density at radius 1 is 1.21 bits per heavy atom. The molecule has 0 aliphatic heterocycles. The van der Waals surface area contributed by atoms with E-state index in [1.165, 1.54) is 0 Å². The van der Waals surface area contributed by atoms with Crippen molar-refractivity contribution in [3.8, 4) is 0 Å². The van der Waals surface area contributed by atoms with E-state index in [9.17, 15) is 4.79 Å². The first-order valence-electron chi connectivity index (χ1n) is 7.04. The Bertz CT molecular complexity index is 237. The van der Waals surface area contributed by atoms with Crippen molar-refractivity contribution in [2.24, 2.45) is 11.7 Å². The predicted molar refractivity (Wildman–Crippen MR) is 77.0 cm³/mol. The minimum absolute atomic E-state index is 0.0810. The molecule has 0 aromatic carbocycles. The van der Waals surface area contributed by atoms with E-state index in [-0.39, 0.29) is 11.9 Å². The molecule has 0 radical (unpaired) electrons. The molecule has 2 atom stereocenters. The Morgan fingerprint density at radius 3 is 2.42 bits per heavy atom. The first kappa shape index (κ1) is 18.4. The number of rotatable bonds is 11. The largest absolute Gasteiger partial charge is 0.383 e. The molecule has 19 heavy (non-hydrogen) atoms. The van der Waals surface area contributed by atoms with Crippen molar-refractivity contribution in [1.82, 2.24) is 4.90 Å². The maximum atomic E-state index is 12.3. The third-order valence-electron chi connectivity index (χ3n) is 3.31. The standard InChI is InChI=1S/C14H30N2O3/c1-12(7-8-15)5-6-14(17)16(9-10-18-3)13(2)11-19-4/h12-13H,5-11,15H2,1-4H3. The second-order valence-corrected chi connectivity index (χ2v) is 5.11. The third-order valence-corrected chi connectivity index (χ3v) is 3.31. The molecule has 1 amide bonds. The second kappa shape index (κ2) is 11.2. The Kier molecular flexibility index (Phi) is 10.8. The Labute approximate surface area is 117 Å². The van der Waals surface area contributed by atoms with Crippen molar-refractivity contribution in [3.63, 3.8) is 0 Å². The smallest absolute Gasteiger partial charge is 0.222 e. The molecule has 2 N–H and O–H groups in total. The van der Waals surface area contributed by atoms with Crippen molar-refractivity contribution in [1.29, 1.82) is 0 Å². The maximum Gasteiger partial charge on any atom is 0.222 e. The van der Waals surface area contributed by atoms with Crippen molar-refractivity contribution in [2.45, 2.75) is 39.2 Å². The van der Waals surface area contributed by atoms with Crippen LogP contribution in [-0.2, 0) is 14.3 Å². The molecule has 0 spiro atoms. The van der Waals surface area contributed by atoms with Gasteiger partial charge in [-0.25, -0.2) is 0 Å². The van der Waals surface area contributed by atoms with E-state index in [4.69, 9.17) is 15.2 Å². The van der Waals surface area contributed by atoms with Gasteiger partial charge in [-0.2, -0.15) is 0 Å². The van der Waals surface area contributed by atoms with Crippen LogP contribution >= 0.6 is 0 Å². The molecular formula is C14H30N2O3. The Balaban J connectivity index is 4.28. The molecule has 0 aliphatic rings. The minimum Gasteiger partial charge on any atom is -0.383 e. The summed E-state index contributed by atoms with van der Waals surface area (Å²) in [7, 11) is 3.30. The van der Waals surface area contributed by atoms with Gasteiger partial charge in [-0.1, -0.05) is 6.92 Å². The molecule has 2 unspecified atom stereocenters. The number of carbonyl (C=O) groups is 1. The fourth-order valence-electron chi connectivity index (χ4n) is 2.05. The van der Waals surface area contributed by atoms with E-state index in [0.717, 1.165) is 12.8 Å². The first-order chi connectivity index (χ1) is 9.06. The van der Waals surface area contributed by atoms with Gasteiger partial charge in [0, 0.05) is 27.2 Å². The maximum absolute atomic E-state index is 12.3. The molecule has 0 bridgehead atoms. The summed E-state index contributed by atoms with van der Waals surface area (Å²) in [4.78, 5) is 14.1. The lowest BCUT2D eigenvalue weighted by atomic mass is 10.0. The SMILES string of the molecule is COCCN(C(=O)CCC(C)CCN)C(C)COC. The van der Waals surface area contributed by atoms with Crippen LogP contribution in [0.3, 0.4) is 0 Å². The minimum atomic E-state index is 0.0810. The number of ether oxygens (including phenoxy) is 2. The monoisotopic (exact) mass is 274 g/mol. The van der Waals surface area contributed by atoms with Gasteiger partial charge >= 0.3 is 0 Å². The molecule has 0 heterocycles. The number of nitrogens with zero attached hydrogens (tertiary/aromatic N) is 1. The van der Waals surface area contributed by atoms with E-state index < -0.39 is 0 Å². The van der Waals surface area contributed by atoms with Crippen molar-refractivity contribution in [2.75, 3.05) is 40.5 Å². The fraction of sp³-hybridized carbons (Fsp3) is 0.929. The lowest BCUT2D eigenvalue weighted by molar-refractivity contribution is -0.135. The number of hydrogen-bond donors (Lipinski definition) is 1. The van der Waals surface area contributed by atoms with E-state index in [1.807, 2.05) is 11.8 Å². The van der Waals surface area contributed by atoms with Gasteiger partial charge in [0.05, 0.1) is 19.3 Å². The topological polar surface area (TPSA) is 64.8 Å². The van der Waals surface area contributed by atoms with Gasteiger partial charge in [0.1, 0.15) is 0 Å². The van der Waals surface area contributed by atoms with E-state index in [0.29, 0.717) is 38.6 Å². The number of carbonyl (C=O) groups excluding carboxylic acids is 1. The number of nitrogens with two attached hydrogens (primary N) is 1. The van der Waals surface area contributed by atoms with Crippen LogP contribution in [0.2, 0.25) is 0 Å². The molecule has 5 nitrogen and oxygen atoms in total. The first-order valence-corrected chi connectivity index (χ1v) is 7.04. The zero-order valence-corrected chi connectivity index (χ0v) is 12.9. The van der Waals surface area contributed by atoms with Crippen LogP contribution in [0, 0.1) is 5.92 Å². The van der Waals surface area contributed by atoms with Crippen molar-refractivity contribution in [3.05, 3.63) is 0 Å². The van der Waals surface area contributed by atoms with Crippen LogP contribution in [0.5, 0.6) is 0 Å². The van der Waals surface area contributed by atoms with Crippen LogP contribution in [-0.4, -0.2) is 57.4 Å². The quantitative estimate of drug-likeness (QED) is 0.616. The van der Waals surface area contributed by atoms with Gasteiger partial charge in [-0.15, -0.1) is 0 Å². The lowest BCUT2D eigenvalue weighted by Crippen LogP contribution is -2.43. The predicted octanol–water partition coefficient (Wildman–Crippen LogP) is 1.26. The molecule has 0 aromatic heterocycles. The van der Waals surface area contributed by atoms with Gasteiger partial charge in [-0.05, 0) is 32.2 Å². The molecule has 5 heteroatoms.